The summed E-state index contributed by atoms with van der Waals surface area (Å²) in [6.45, 7) is 4.88. The first-order chi connectivity index (χ1) is 13.9. The smallest absolute Gasteiger partial charge is 0.350 e. The molecule has 0 fully saturated rings. The van der Waals surface area contributed by atoms with E-state index >= 15 is 0 Å². The SMILES string of the molecule is COc1ccc(CN2C(=O)N=C3C=C(C(=O)NCCC(C)C)C=CC3C2=O)cc1. The maximum atomic E-state index is 12.8. The number of urea groups is 1. The van der Waals surface area contributed by atoms with E-state index in [0.29, 0.717) is 29.5 Å². The molecular weight excluding hydrogens is 370 g/mol. The normalized spacial score (nSPS) is 18.3. The van der Waals surface area contributed by atoms with E-state index in [1.165, 1.54) is 6.08 Å². The van der Waals surface area contributed by atoms with Crippen LogP contribution in [-0.4, -0.2) is 42.1 Å². The maximum absolute atomic E-state index is 12.8. The Balaban J connectivity index is 1.71. The Morgan fingerprint density at radius 1 is 1.24 bits per heavy atom. The number of methoxy groups -OCH3 is 1. The highest BCUT2D eigenvalue weighted by molar-refractivity contribution is 6.23. The van der Waals surface area contributed by atoms with Crippen LogP contribution in [0.3, 0.4) is 0 Å². The third-order valence-corrected chi connectivity index (χ3v) is 4.85. The van der Waals surface area contributed by atoms with Gasteiger partial charge >= 0.3 is 6.03 Å². The molecule has 7 nitrogen and oxygen atoms in total. The molecule has 1 aromatic carbocycles. The average Bonchev–Trinajstić information content (AvgIpc) is 2.70. The van der Waals surface area contributed by atoms with Crippen LogP contribution in [0.25, 0.3) is 0 Å². The first-order valence-corrected chi connectivity index (χ1v) is 9.64. The number of hydrogen-bond acceptors (Lipinski definition) is 4. The lowest BCUT2D eigenvalue weighted by Gasteiger charge is -2.29. The van der Waals surface area contributed by atoms with Crippen molar-refractivity contribution < 1.29 is 19.1 Å². The molecule has 1 aromatic rings. The van der Waals surface area contributed by atoms with Crippen LogP contribution < -0.4 is 10.1 Å². The summed E-state index contributed by atoms with van der Waals surface area (Å²) in [7, 11) is 1.57. The molecule has 29 heavy (non-hydrogen) atoms. The predicted molar refractivity (Wildman–Crippen MR) is 110 cm³/mol. The van der Waals surface area contributed by atoms with Crippen molar-refractivity contribution in [3.05, 3.63) is 53.6 Å². The molecule has 1 N–H and O–H groups in total. The van der Waals surface area contributed by atoms with Crippen LogP contribution in [0.5, 0.6) is 5.75 Å². The third kappa shape index (κ3) is 4.80. The number of amides is 4. The zero-order valence-corrected chi connectivity index (χ0v) is 16.8. The molecular formula is C22H25N3O4. The van der Waals surface area contributed by atoms with Gasteiger partial charge in [-0.15, -0.1) is 0 Å². The minimum atomic E-state index is -0.654. The molecule has 1 aliphatic carbocycles. The van der Waals surface area contributed by atoms with E-state index in [4.69, 9.17) is 4.74 Å². The lowest BCUT2D eigenvalue weighted by atomic mass is 9.91. The summed E-state index contributed by atoms with van der Waals surface area (Å²) in [5.41, 5.74) is 1.50. The molecule has 4 amide bonds. The number of imide groups is 1. The largest absolute Gasteiger partial charge is 0.497 e. The van der Waals surface area contributed by atoms with Crippen LogP contribution in [0.1, 0.15) is 25.8 Å². The maximum Gasteiger partial charge on any atom is 0.350 e. The van der Waals surface area contributed by atoms with Gasteiger partial charge in [0.05, 0.1) is 25.3 Å². The lowest BCUT2D eigenvalue weighted by Crippen LogP contribution is -2.46. The summed E-state index contributed by atoms with van der Waals surface area (Å²) in [4.78, 5) is 42.8. The van der Waals surface area contributed by atoms with Gasteiger partial charge in [-0.2, -0.15) is 4.99 Å². The third-order valence-electron chi connectivity index (χ3n) is 4.85. The second-order valence-corrected chi connectivity index (χ2v) is 7.47. The Hall–Kier alpha value is -3.22. The van der Waals surface area contributed by atoms with Gasteiger partial charge < -0.3 is 10.1 Å². The van der Waals surface area contributed by atoms with E-state index in [9.17, 15) is 14.4 Å². The summed E-state index contributed by atoms with van der Waals surface area (Å²) in [6.07, 6.45) is 5.65. The highest BCUT2D eigenvalue weighted by Gasteiger charge is 2.36. The Kier molecular flexibility index (Phi) is 6.26. The van der Waals surface area contributed by atoms with E-state index in [1.807, 2.05) is 0 Å². The Morgan fingerprint density at radius 3 is 2.62 bits per heavy atom. The number of rotatable bonds is 7. The molecule has 0 spiro atoms. The number of nitrogens with one attached hydrogen (secondary N) is 1. The van der Waals surface area contributed by atoms with Crippen LogP contribution in [0.15, 0.2) is 53.1 Å². The zero-order valence-electron chi connectivity index (χ0n) is 16.8. The molecule has 0 aromatic heterocycles. The van der Waals surface area contributed by atoms with Crippen LogP contribution in [0.4, 0.5) is 4.79 Å². The summed E-state index contributed by atoms with van der Waals surface area (Å²) >= 11 is 0. The highest BCUT2D eigenvalue weighted by atomic mass is 16.5. The van der Waals surface area contributed by atoms with E-state index in [-0.39, 0.29) is 18.4 Å². The van der Waals surface area contributed by atoms with Gasteiger partial charge in [0.15, 0.2) is 0 Å². The second-order valence-electron chi connectivity index (χ2n) is 7.47. The number of hydrogen-bond donors (Lipinski definition) is 1. The number of carbonyl (C=O) groups excluding carboxylic acids is 3. The van der Waals surface area contributed by atoms with E-state index < -0.39 is 11.9 Å². The number of benzene rings is 1. The van der Waals surface area contributed by atoms with E-state index in [2.05, 4.69) is 24.2 Å². The molecule has 7 heteroatoms. The molecule has 1 unspecified atom stereocenters. The van der Waals surface area contributed by atoms with Gasteiger partial charge in [0, 0.05) is 12.1 Å². The van der Waals surface area contributed by atoms with Crippen molar-refractivity contribution in [1.29, 1.82) is 0 Å². The number of aliphatic imine (C=N–C) groups is 1. The van der Waals surface area contributed by atoms with Crippen LogP contribution in [0, 0.1) is 11.8 Å². The predicted octanol–water partition coefficient (Wildman–Crippen LogP) is 2.87. The minimum absolute atomic E-state index is 0.134. The van der Waals surface area contributed by atoms with Gasteiger partial charge in [0.25, 0.3) is 5.91 Å². The first-order valence-electron chi connectivity index (χ1n) is 9.64. The van der Waals surface area contributed by atoms with Gasteiger partial charge in [0.2, 0.25) is 5.91 Å². The quantitative estimate of drug-likeness (QED) is 0.769. The van der Waals surface area contributed by atoms with Crippen LogP contribution in [0.2, 0.25) is 0 Å². The molecule has 0 radical (unpaired) electrons. The van der Waals surface area contributed by atoms with Crippen molar-refractivity contribution >= 4 is 23.6 Å². The van der Waals surface area contributed by atoms with Gasteiger partial charge in [-0.3, -0.25) is 14.5 Å². The highest BCUT2D eigenvalue weighted by Crippen LogP contribution is 2.24. The summed E-state index contributed by atoms with van der Waals surface area (Å²) in [5.74, 6) is -0.0422. The number of fused-ring (bicyclic) bond motifs is 1. The van der Waals surface area contributed by atoms with Gasteiger partial charge in [-0.05, 0) is 36.1 Å². The summed E-state index contributed by atoms with van der Waals surface area (Å²) in [5, 5.41) is 2.85. The fourth-order valence-corrected chi connectivity index (χ4v) is 3.12. The molecule has 2 aliphatic rings. The zero-order chi connectivity index (χ0) is 21.0. The van der Waals surface area contributed by atoms with Crippen molar-refractivity contribution in [3.8, 4) is 5.75 Å². The first kappa shape index (κ1) is 20.5. The molecule has 0 saturated heterocycles. The summed E-state index contributed by atoms with van der Waals surface area (Å²) < 4.78 is 5.12. The van der Waals surface area contributed by atoms with Crippen LogP contribution in [-0.2, 0) is 16.1 Å². The fraction of sp³-hybridized carbons (Fsp3) is 0.364. The van der Waals surface area contributed by atoms with Gasteiger partial charge in [-0.25, -0.2) is 4.79 Å². The van der Waals surface area contributed by atoms with Gasteiger partial charge in [0.1, 0.15) is 5.75 Å². The molecule has 3 rings (SSSR count). The summed E-state index contributed by atoms with van der Waals surface area (Å²) in [6, 6.07) is 6.53. The van der Waals surface area contributed by atoms with Gasteiger partial charge in [-0.1, -0.05) is 38.1 Å². The Bertz CT molecular complexity index is 897. The number of nitrogens with zero attached hydrogens (tertiary/aromatic N) is 2. The molecule has 0 bridgehead atoms. The van der Waals surface area contributed by atoms with Crippen molar-refractivity contribution in [1.82, 2.24) is 10.2 Å². The number of carbonyl (C=O) groups is 3. The van der Waals surface area contributed by atoms with Crippen molar-refractivity contribution in [2.75, 3.05) is 13.7 Å². The Labute approximate surface area is 170 Å². The van der Waals surface area contributed by atoms with Crippen molar-refractivity contribution in [3.63, 3.8) is 0 Å². The van der Waals surface area contributed by atoms with Crippen LogP contribution >= 0.6 is 0 Å². The average molecular weight is 395 g/mol. The minimum Gasteiger partial charge on any atom is -0.497 e. The van der Waals surface area contributed by atoms with Crippen molar-refractivity contribution in [2.45, 2.75) is 26.8 Å². The number of ether oxygens (including phenoxy) is 1. The Morgan fingerprint density at radius 2 is 1.97 bits per heavy atom. The van der Waals surface area contributed by atoms with E-state index in [0.717, 1.165) is 16.9 Å². The fourth-order valence-electron chi connectivity index (χ4n) is 3.12. The lowest BCUT2D eigenvalue weighted by molar-refractivity contribution is -0.130. The van der Waals surface area contributed by atoms with E-state index in [1.54, 1.807) is 43.5 Å². The monoisotopic (exact) mass is 395 g/mol. The molecule has 152 valence electrons. The second kappa shape index (κ2) is 8.86. The molecule has 0 saturated carbocycles. The molecule has 1 atom stereocenters. The molecule has 1 aliphatic heterocycles. The standard InChI is InChI=1S/C22H25N3O4/c1-14(2)10-11-23-20(26)16-6-9-18-19(12-16)24-22(28)25(21(18)27)13-15-4-7-17(29-3)8-5-15/h4-9,12,14,18H,10-11,13H2,1-3H3,(H,23,26). The van der Waals surface area contributed by atoms with Crippen molar-refractivity contribution in [2.24, 2.45) is 16.8 Å². The topological polar surface area (TPSA) is 88.1 Å². The number of allylic oxidation sites excluding steroid dienone is 1. The molecule has 1 heterocycles.